The Labute approximate surface area is 197 Å². The van der Waals surface area contributed by atoms with Crippen LogP contribution in [0.1, 0.15) is 24.9 Å². The summed E-state index contributed by atoms with van der Waals surface area (Å²) >= 11 is 1.28. The number of hydrogen-bond acceptors (Lipinski definition) is 5. The molecule has 0 aliphatic heterocycles. The Morgan fingerprint density at radius 2 is 1.85 bits per heavy atom. The highest BCUT2D eigenvalue weighted by Gasteiger charge is 2.15. The lowest BCUT2D eigenvalue weighted by Crippen LogP contribution is -2.29. The first kappa shape index (κ1) is 23.0. The van der Waals surface area contributed by atoms with Crippen molar-refractivity contribution in [3.63, 3.8) is 0 Å². The van der Waals surface area contributed by atoms with Gasteiger partial charge in [0.05, 0.1) is 22.7 Å². The highest BCUT2D eigenvalue weighted by atomic mass is 32.2. The molecular formula is C26H27N3O3S. The summed E-state index contributed by atoms with van der Waals surface area (Å²) in [6.45, 7) is 3.01. The van der Waals surface area contributed by atoms with E-state index in [1.807, 2.05) is 43.3 Å². The van der Waals surface area contributed by atoms with E-state index in [9.17, 15) is 9.59 Å². The van der Waals surface area contributed by atoms with E-state index in [0.717, 1.165) is 10.9 Å². The first-order chi connectivity index (χ1) is 16.1. The van der Waals surface area contributed by atoms with Crippen molar-refractivity contribution in [2.24, 2.45) is 0 Å². The van der Waals surface area contributed by atoms with Gasteiger partial charge in [-0.1, -0.05) is 60.3 Å². The van der Waals surface area contributed by atoms with E-state index in [1.54, 1.807) is 17.7 Å². The van der Waals surface area contributed by atoms with Crippen LogP contribution < -0.4 is 10.9 Å². The van der Waals surface area contributed by atoms with Crippen molar-refractivity contribution in [2.45, 2.75) is 31.1 Å². The number of nitrogens with one attached hydrogen (secondary N) is 1. The number of hydrogen-bond donors (Lipinski definition) is 1. The van der Waals surface area contributed by atoms with Gasteiger partial charge in [0.25, 0.3) is 5.56 Å². The van der Waals surface area contributed by atoms with Crippen LogP contribution in [0.15, 0.2) is 76.7 Å². The molecule has 1 amide bonds. The predicted octanol–water partition coefficient (Wildman–Crippen LogP) is 4.56. The van der Waals surface area contributed by atoms with Crippen molar-refractivity contribution in [1.82, 2.24) is 14.9 Å². The van der Waals surface area contributed by atoms with E-state index in [4.69, 9.17) is 4.74 Å². The molecule has 0 spiro atoms. The van der Waals surface area contributed by atoms with Gasteiger partial charge in [-0.15, -0.1) is 0 Å². The monoisotopic (exact) mass is 461 g/mol. The lowest BCUT2D eigenvalue weighted by Gasteiger charge is -2.16. The van der Waals surface area contributed by atoms with E-state index in [-0.39, 0.29) is 23.3 Å². The van der Waals surface area contributed by atoms with Crippen LogP contribution in [0, 0.1) is 0 Å². The first-order valence-electron chi connectivity index (χ1n) is 11.0. The molecule has 7 heteroatoms. The van der Waals surface area contributed by atoms with E-state index in [0.29, 0.717) is 35.6 Å². The summed E-state index contributed by atoms with van der Waals surface area (Å²) in [6.07, 6.45) is 0.690. The molecule has 1 heterocycles. The number of ether oxygens (including phenoxy) is 1. The second kappa shape index (κ2) is 10.6. The third-order valence-electron chi connectivity index (χ3n) is 5.54. The zero-order chi connectivity index (χ0) is 23.2. The molecule has 0 saturated heterocycles. The van der Waals surface area contributed by atoms with Crippen LogP contribution in [0.25, 0.3) is 21.7 Å². The normalized spacial score (nSPS) is 12.2. The van der Waals surface area contributed by atoms with Gasteiger partial charge in [0.1, 0.15) is 0 Å². The first-order valence-corrected chi connectivity index (χ1v) is 11.9. The molecule has 0 radical (unpaired) electrons. The average Bonchev–Trinajstić information content (AvgIpc) is 2.84. The summed E-state index contributed by atoms with van der Waals surface area (Å²) in [5.41, 5.74) is 1.59. The summed E-state index contributed by atoms with van der Waals surface area (Å²) in [5.74, 6) is 0.0685. The molecule has 0 aliphatic carbocycles. The lowest BCUT2D eigenvalue weighted by atomic mass is 10.0. The number of carbonyl (C=O) groups excluding carboxylic acids is 1. The summed E-state index contributed by atoms with van der Waals surface area (Å²) in [5, 5.41) is 6.50. The molecule has 170 valence electrons. The minimum Gasteiger partial charge on any atom is -0.385 e. The summed E-state index contributed by atoms with van der Waals surface area (Å²) in [6, 6.07) is 21.5. The largest absolute Gasteiger partial charge is 0.385 e. The molecule has 0 fully saturated rings. The molecule has 0 aliphatic rings. The zero-order valence-corrected chi connectivity index (χ0v) is 19.6. The number of methoxy groups -OCH3 is 1. The smallest absolute Gasteiger partial charge is 0.262 e. The molecule has 0 bridgehead atoms. The van der Waals surface area contributed by atoms with Crippen molar-refractivity contribution >= 4 is 39.3 Å². The number of benzene rings is 3. The Bertz CT molecular complexity index is 1340. The van der Waals surface area contributed by atoms with Crippen molar-refractivity contribution in [3.8, 4) is 0 Å². The van der Waals surface area contributed by atoms with Crippen LogP contribution in [0.2, 0.25) is 0 Å². The molecule has 33 heavy (non-hydrogen) atoms. The molecule has 1 unspecified atom stereocenters. The van der Waals surface area contributed by atoms with Crippen LogP contribution in [0.5, 0.6) is 0 Å². The van der Waals surface area contributed by atoms with Crippen molar-refractivity contribution in [1.29, 1.82) is 0 Å². The van der Waals surface area contributed by atoms with E-state index >= 15 is 0 Å². The number of nitrogens with zero attached hydrogens (tertiary/aromatic N) is 2. The number of rotatable bonds is 9. The molecule has 4 rings (SSSR count). The van der Waals surface area contributed by atoms with E-state index in [2.05, 4.69) is 34.6 Å². The number of para-hydroxylation sites is 1. The van der Waals surface area contributed by atoms with Gasteiger partial charge in [0, 0.05) is 20.3 Å². The average molecular weight is 462 g/mol. The van der Waals surface area contributed by atoms with Gasteiger partial charge in [-0.2, -0.15) is 0 Å². The van der Waals surface area contributed by atoms with Gasteiger partial charge < -0.3 is 10.1 Å². The number of carbonyl (C=O) groups is 1. The lowest BCUT2D eigenvalue weighted by molar-refractivity contribution is -0.119. The highest BCUT2D eigenvalue weighted by molar-refractivity contribution is 7.99. The van der Waals surface area contributed by atoms with Crippen LogP contribution in [0.3, 0.4) is 0 Å². The quantitative estimate of drug-likeness (QED) is 0.225. The predicted molar refractivity (Wildman–Crippen MR) is 134 cm³/mol. The highest BCUT2D eigenvalue weighted by Crippen LogP contribution is 2.22. The minimum absolute atomic E-state index is 0.0934. The number of thioether (sulfide) groups is 1. The van der Waals surface area contributed by atoms with Crippen LogP contribution in [-0.4, -0.2) is 34.9 Å². The molecule has 3 aromatic carbocycles. The number of amides is 1. The Hall–Kier alpha value is -3.16. The summed E-state index contributed by atoms with van der Waals surface area (Å²) < 4.78 is 6.78. The fraction of sp³-hybridized carbons (Fsp3) is 0.269. The van der Waals surface area contributed by atoms with Gasteiger partial charge in [-0.3, -0.25) is 14.2 Å². The number of aromatic nitrogens is 2. The van der Waals surface area contributed by atoms with Crippen molar-refractivity contribution in [2.75, 3.05) is 19.5 Å². The van der Waals surface area contributed by atoms with Crippen LogP contribution in [0.4, 0.5) is 0 Å². The van der Waals surface area contributed by atoms with Crippen LogP contribution >= 0.6 is 11.8 Å². The Morgan fingerprint density at radius 3 is 2.67 bits per heavy atom. The maximum atomic E-state index is 13.0. The second-order valence-corrected chi connectivity index (χ2v) is 8.84. The fourth-order valence-electron chi connectivity index (χ4n) is 3.80. The summed E-state index contributed by atoms with van der Waals surface area (Å²) in [7, 11) is 1.64. The van der Waals surface area contributed by atoms with Gasteiger partial charge in [-0.25, -0.2) is 4.98 Å². The molecule has 0 saturated carbocycles. The molecule has 4 aromatic rings. The maximum Gasteiger partial charge on any atom is 0.262 e. The molecule has 1 N–H and O–H groups in total. The Kier molecular flexibility index (Phi) is 7.42. The minimum atomic E-state index is -0.129. The van der Waals surface area contributed by atoms with Crippen molar-refractivity contribution in [3.05, 3.63) is 82.6 Å². The zero-order valence-electron chi connectivity index (χ0n) is 18.8. The molecule has 1 atom stereocenters. The van der Waals surface area contributed by atoms with Crippen molar-refractivity contribution < 1.29 is 9.53 Å². The van der Waals surface area contributed by atoms with E-state index < -0.39 is 0 Å². The Morgan fingerprint density at radius 1 is 1.09 bits per heavy atom. The molecular weight excluding hydrogens is 434 g/mol. The molecule has 6 nitrogen and oxygen atoms in total. The summed E-state index contributed by atoms with van der Waals surface area (Å²) in [4.78, 5) is 30.4. The van der Waals surface area contributed by atoms with Gasteiger partial charge in [0.15, 0.2) is 5.16 Å². The van der Waals surface area contributed by atoms with Gasteiger partial charge in [0.2, 0.25) is 5.91 Å². The fourth-order valence-corrected chi connectivity index (χ4v) is 4.63. The maximum absolute atomic E-state index is 13.0. The molecule has 1 aromatic heterocycles. The SMILES string of the molecule is COCCCn1c(SCC(=O)NC(C)c2ccc3ccccc3c2)nc2ccccc2c1=O. The van der Waals surface area contributed by atoms with Gasteiger partial charge in [-0.05, 0) is 47.9 Å². The third kappa shape index (κ3) is 5.43. The second-order valence-electron chi connectivity index (χ2n) is 7.90. The third-order valence-corrected chi connectivity index (χ3v) is 6.52. The standard InChI is InChI=1S/C26H27N3O3S/c1-18(20-13-12-19-8-3-4-9-21(19)16-20)27-24(30)17-33-26-28-23-11-6-5-10-22(23)25(31)29(26)14-7-15-32-2/h3-6,8-13,16,18H,7,14-15,17H2,1-2H3,(H,27,30). The van der Waals surface area contributed by atoms with E-state index in [1.165, 1.54) is 17.1 Å². The Balaban J connectivity index is 1.47. The topological polar surface area (TPSA) is 73.2 Å². The van der Waals surface area contributed by atoms with Gasteiger partial charge >= 0.3 is 0 Å². The van der Waals surface area contributed by atoms with Crippen LogP contribution in [-0.2, 0) is 16.1 Å². The number of fused-ring (bicyclic) bond motifs is 2.